The van der Waals surface area contributed by atoms with Crippen LogP contribution in [0.5, 0.6) is 11.6 Å². The van der Waals surface area contributed by atoms with E-state index in [1.54, 1.807) is 30.3 Å². The SMILES string of the molecule is COCCCCOc1nn(C2(N3CCOCC3)CCCCC2)cc1Nc1ncc(-c2ccc(C#N)c(OC(C)Cn3cnnn3)c2)cn1. The number of morpholine rings is 1. The standard InChI is InChI=1S/C33H43N11O4/c1-25(22-43-24-37-40-41-43)48-30-18-26(8-9-27(30)19-34)28-20-35-32(36-21-28)38-29-23-44(39-31(29)47-15-7-6-14-45-2)33(10-4-3-5-11-33)42-12-16-46-17-13-42/h8-9,18,20-21,23-25H,3-7,10-17,22H2,1-2H3,(H,35,36,38). The summed E-state index contributed by atoms with van der Waals surface area (Å²) >= 11 is 0. The second-order valence-corrected chi connectivity index (χ2v) is 12.2. The molecule has 1 atom stereocenters. The van der Waals surface area contributed by atoms with Crippen LogP contribution in [0.2, 0.25) is 0 Å². The number of nitrogens with zero attached hydrogens (tertiary/aromatic N) is 10. The van der Waals surface area contributed by atoms with Crippen LogP contribution in [-0.4, -0.2) is 97.6 Å². The Kier molecular flexibility index (Phi) is 11.1. The Bertz CT molecular complexity index is 1630. The van der Waals surface area contributed by atoms with E-state index in [0.29, 0.717) is 42.9 Å². The Morgan fingerprint density at radius 3 is 2.58 bits per heavy atom. The molecule has 0 radical (unpaired) electrons. The number of nitrogens with one attached hydrogen (secondary N) is 1. The monoisotopic (exact) mass is 657 g/mol. The molecule has 1 aliphatic carbocycles. The maximum atomic E-state index is 9.68. The van der Waals surface area contributed by atoms with E-state index in [1.165, 1.54) is 12.7 Å². The first-order valence-corrected chi connectivity index (χ1v) is 16.6. The summed E-state index contributed by atoms with van der Waals surface area (Å²) in [7, 11) is 1.71. The molecule has 15 heteroatoms. The first kappa shape index (κ1) is 33.3. The van der Waals surface area contributed by atoms with Gasteiger partial charge in [0.15, 0.2) is 0 Å². The van der Waals surface area contributed by atoms with Crippen LogP contribution in [0.1, 0.15) is 57.4 Å². The fraction of sp³-hybridized carbons (Fsp3) is 0.545. The summed E-state index contributed by atoms with van der Waals surface area (Å²) in [4.78, 5) is 11.8. The van der Waals surface area contributed by atoms with Crippen molar-refractivity contribution in [1.82, 2.24) is 44.9 Å². The molecule has 254 valence electrons. The maximum Gasteiger partial charge on any atom is 0.257 e. The third-order valence-corrected chi connectivity index (χ3v) is 8.84. The molecule has 2 aliphatic rings. The summed E-state index contributed by atoms with van der Waals surface area (Å²) in [6.45, 7) is 6.76. The molecule has 0 amide bonds. The van der Waals surface area contributed by atoms with Gasteiger partial charge in [-0.3, -0.25) is 4.90 Å². The Morgan fingerprint density at radius 2 is 1.85 bits per heavy atom. The average Bonchev–Trinajstić information content (AvgIpc) is 3.79. The maximum absolute atomic E-state index is 9.68. The van der Waals surface area contributed by atoms with Crippen LogP contribution in [0.3, 0.4) is 0 Å². The van der Waals surface area contributed by atoms with Crippen LogP contribution >= 0.6 is 0 Å². The van der Waals surface area contributed by atoms with Crippen molar-refractivity contribution in [2.75, 3.05) is 51.9 Å². The lowest BCUT2D eigenvalue weighted by Crippen LogP contribution is -2.56. The molecule has 4 heterocycles. The largest absolute Gasteiger partial charge is 0.487 e. The number of hydrogen-bond donors (Lipinski definition) is 1. The summed E-state index contributed by atoms with van der Waals surface area (Å²) in [5, 5.41) is 29.3. The van der Waals surface area contributed by atoms with Crippen LogP contribution in [-0.2, 0) is 21.7 Å². The third kappa shape index (κ3) is 7.89. The minimum absolute atomic E-state index is 0.222. The summed E-state index contributed by atoms with van der Waals surface area (Å²) in [6, 6.07) is 7.63. The van der Waals surface area contributed by atoms with Gasteiger partial charge in [0.05, 0.1) is 38.1 Å². The Hall–Kier alpha value is -4.65. The third-order valence-electron chi connectivity index (χ3n) is 8.84. The van der Waals surface area contributed by atoms with Crippen LogP contribution < -0.4 is 14.8 Å². The van der Waals surface area contributed by atoms with Crippen molar-refractivity contribution in [1.29, 1.82) is 5.26 Å². The molecule has 1 aromatic carbocycles. The molecule has 15 nitrogen and oxygen atoms in total. The fourth-order valence-corrected chi connectivity index (χ4v) is 6.40. The number of methoxy groups -OCH3 is 1. The van der Waals surface area contributed by atoms with Crippen LogP contribution in [0.25, 0.3) is 11.1 Å². The van der Waals surface area contributed by atoms with Gasteiger partial charge >= 0.3 is 0 Å². The van der Waals surface area contributed by atoms with Crippen molar-refractivity contribution in [3.8, 4) is 28.8 Å². The lowest BCUT2D eigenvalue weighted by Gasteiger charge is -2.47. The molecule has 2 fully saturated rings. The smallest absolute Gasteiger partial charge is 0.257 e. The Balaban J connectivity index is 1.21. The number of benzene rings is 1. The fourth-order valence-electron chi connectivity index (χ4n) is 6.40. The zero-order valence-corrected chi connectivity index (χ0v) is 27.6. The number of anilines is 2. The van der Waals surface area contributed by atoms with E-state index in [1.807, 2.05) is 25.3 Å². The minimum Gasteiger partial charge on any atom is -0.487 e. The molecule has 0 spiro atoms. The molecule has 1 saturated carbocycles. The highest BCUT2D eigenvalue weighted by atomic mass is 16.5. The number of hydrogen-bond acceptors (Lipinski definition) is 13. The molecule has 6 rings (SSSR count). The predicted molar refractivity (Wildman–Crippen MR) is 176 cm³/mol. The normalized spacial score (nSPS) is 17.0. The van der Waals surface area contributed by atoms with E-state index in [4.69, 9.17) is 24.0 Å². The second-order valence-electron chi connectivity index (χ2n) is 12.2. The summed E-state index contributed by atoms with van der Waals surface area (Å²) < 4.78 is 27.0. The highest BCUT2D eigenvalue weighted by Crippen LogP contribution is 2.41. The predicted octanol–water partition coefficient (Wildman–Crippen LogP) is 4.16. The molecule has 1 saturated heterocycles. The van der Waals surface area contributed by atoms with Crippen molar-refractivity contribution in [2.45, 2.75) is 70.2 Å². The quantitative estimate of drug-likeness (QED) is 0.181. The number of ether oxygens (including phenoxy) is 4. The number of nitriles is 1. The van der Waals surface area contributed by atoms with Gasteiger partial charge in [-0.15, -0.1) is 10.2 Å². The highest BCUT2D eigenvalue weighted by Gasteiger charge is 2.42. The van der Waals surface area contributed by atoms with Gasteiger partial charge in [-0.2, -0.15) is 5.26 Å². The van der Waals surface area contributed by atoms with E-state index in [2.05, 4.69) is 46.5 Å². The zero-order chi connectivity index (χ0) is 33.2. The van der Waals surface area contributed by atoms with Gasteiger partial charge in [-0.05, 0) is 73.6 Å². The van der Waals surface area contributed by atoms with Crippen molar-refractivity contribution in [3.05, 3.63) is 48.7 Å². The van der Waals surface area contributed by atoms with Gasteiger partial charge in [-0.25, -0.2) is 19.3 Å². The first-order valence-electron chi connectivity index (χ1n) is 16.6. The lowest BCUT2D eigenvalue weighted by molar-refractivity contribution is -0.0836. The van der Waals surface area contributed by atoms with Crippen LogP contribution in [0.15, 0.2) is 43.1 Å². The van der Waals surface area contributed by atoms with Gasteiger partial charge in [0.25, 0.3) is 5.88 Å². The number of unbranched alkanes of at least 4 members (excludes halogenated alkanes) is 1. The molecular formula is C33H43N11O4. The van der Waals surface area contributed by atoms with Gasteiger partial charge in [-0.1, -0.05) is 12.5 Å². The van der Waals surface area contributed by atoms with Crippen molar-refractivity contribution in [3.63, 3.8) is 0 Å². The molecular weight excluding hydrogens is 614 g/mol. The lowest BCUT2D eigenvalue weighted by atomic mass is 9.87. The number of rotatable bonds is 15. The van der Waals surface area contributed by atoms with Crippen LogP contribution in [0, 0.1) is 11.3 Å². The van der Waals surface area contributed by atoms with Gasteiger partial charge < -0.3 is 24.3 Å². The average molecular weight is 658 g/mol. The summed E-state index contributed by atoms with van der Waals surface area (Å²) in [6.07, 6.45) is 14.1. The van der Waals surface area contributed by atoms with E-state index >= 15 is 0 Å². The first-order chi connectivity index (χ1) is 23.6. The summed E-state index contributed by atoms with van der Waals surface area (Å²) in [5.74, 6) is 1.42. The van der Waals surface area contributed by atoms with Crippen LogP contribution in [0.4, 0.5) is 11.6 Å². The minimum atomic E-state index is -0.271. The topological polar surface area (TPSA) is 163 Å². The van der Waals surface area contributed by atoms with Gasteiger partial charge in [0.2, 0.25) is 5.95 Å². The summed E-state index contributed by atoms with van der Waals surface area (Å²) in [5.41, 5.74) is 2.53. The zero-order valence-electron chi connectivity index (χ0n) is 27.6. The molecule has 48 heavy (non-hydrogen) atoms. The Labute approximate surface area is 280 Å². The second kappa shape index (κ2) is 16.0. The number of tetrazole rings is 1. The molecule has 1 aliphatic heterocycles. The van der Waals surface area contributed by atoms with Gasteiger partial charge in [0.1, 0.15) is 35.6 Å². The molecule has 4 aromatic rings. The van der Waals surface area contributed by atoms with Crippen molar-refractivity contribution >= 4 is 11.6 Å². The molecule has 0 bridgehead atoms. The van der Waals surface area contributed by atoms with Crippen molar-refractivity contribution in [2.24, 2.45) is 0 Å². The van der Waals surface area contributed by atoms with E-state index in [0.717, 1.165) is 81.6 Å². The van der Waals surface area contributed by atoms with Crippen molar-refractivity contribution < 1.29 is 18.9 Å². The number of aromatic nitrogens is 8. The van der Waals surface area contributed by atoms with E-state index < -0.39 is 0 Å². The van der Waals surface area contributed by atoms with Gasteiger partial charge in [0, 0.05) is 44.8 Å². The molecule has 1 N–H and O–H groups in total. The Morgan fingerprint density at radius 1 is 1.06 bits per heavy atom. The highest BCUT2D eigenvalue weighted by molar-refractivity contribution is 5.67. The van der Waals surface area contributed by atoms with E-state index in [9.17, 15) is 5.26 Å². The van der Waals surface area contributed by atoms with E-state index in [-0.39, 0.29) is 11.8 Å². The molecule has 3 aromatic heterocycles. The molecule has 1 unspecified atom stereocenters.